The van der Waals surface area contributed by atoms with Crippen molar-refractivity contribution in [1.29, 1.82) is 10.5 Å². The lowest BCUT2D eigenvalue weighted by molar-refractivity contribution is -0.138. The molecule has 0 atom stereocenters. The van der Waals surface area contributed by atoms with Crippen molar-refractivity contribution in [3.05, 3.63) is 134 Å². The third-order valence-electron chi connectivity index (χ3n) is 6.09. The summed E-state index contributed by atoms with van der Waals surface area (Å²) in [6.45, 7) is 9.61. The van der Waals surface area contributed by atoms with Crippen LogP contribution >= 0.6 is 0 Å². The van der Waals surface area contributed by atoms with Crippen molar-refractivity contribution in [3.8, 4) is 12.1 Å². The van der Waals surface area contributed by atoms with Gasteiger partial charge < -0.3 is 0 Å². The first-order chi connectivity index (χ1) is 18.4. The summed E-state index contributed by atoms with van der Waals surface area (Å²) >= 11 is 0. The van der Waals surface area contributed by atoms with Crippen LogP contribution in [0.4, 0.5) is 26.3 Å². The number of hydrogen-bond acceptors (Lipinski definition) is 2. The van der Waals surface area contributed by atoms with Gasteiger partial charge in [-0.2, -0.15) is 36.9 Å². The summed E-state index contributed by atoms with van der Waals surface area (Å²) in [4.78, 5) is 3.51. The molecule has 0 heterocycles. The van der Waals surface area contributed by atoms with Crippen LogP contribution in [0.25, 0.3) is 21.7 Å². The van der Waals surface area contributed by atoms with E-state index in [1.165, 1.54) is 0 Å². The van der Waals surface area contributed by atoms with Gasteiger partial charge in [0.05, 0.1) is 28.8 Å². The molecule has 0 spiro atoms. The quantitative estimate of drug-likeness (QED) is 0.193. The van der Waals surface area contributed by atoms with E-state index < -0.39 is 23.5 Å². The van der Waals surface area contributed by atoms with Gasteiger partial charge in [0.1, 0.15) is 12.1 Å². The fourth-order valence-electron chi connectivity index (χ4n) is 4.08. The second kappa shape index (κ2) is 10.0. The summed E-state index contributed by atoms with van der Waals surface area (Å²) in [5.74, 6) is 0. The number of hydrogen-bond donors (Lipinski definition) is 0. The molecule has 0 saturated heterocycles. The molecule has 0 unspecified atom stereocenters. The molecule has 0 bridgehead atoms. The number of nitrogens with zero attached hydrogens (tertiary/aromatic N) is 3. The standard InChI is InChI=1S/C30H15F6N3/c1-17-3-5-18(6-4-17)23(15-37)25-26(24(16-38)19-7-11-21(12-8-19)29(31,32)33)27(25)28(39-2)20-9-13-22(14-10-20)30(34,35)36/h3-14H,1H3. The first-order valence-electron chi connectivity index (χ1n) is 11.2. The predicted molar refractivity (Wildman–Crippen MR) is 133 cm³/mol. The average molecular weight is 531 g/mol. The molecule has 0 radical (unpaired) electrons. The van der Waals surface area contributed by atoms with E-state index in [4.69, 9.17) is 6.57 Å². The first-order valence-corrected chi connectivity index (χ1v) is 11.2. The molecule has 3 aromatic rings. The fourth-order valence-corrected chi connectivity index (χ4v) is 4.08. The lowest BCUT2D eigenvalue weighted by Gasteiger charge is -2.07. The van der Waals surface area contributed by atoms with Crippen LogP contribution in [0, 0.1) is 36.2 Å². The summed E-state index contributed by atoms with van der Waals surface area (Å²) in [6, 6.07) is 18.7. The van der Waals surface area contributed by atoms with Crippen molar-refractivity contribution in [2.24, 2.45) is 0 Å². The zero-order chi connectivity index (χ0) is 28.5. The van der Waals surface area contributed by atoms with E-state index in [9.17, 15) is 36.9 Å². The van der Waals surface area contributed by atoms with E-state index in [0.717, 1.165) is 54.1 Å². The molecule has 0 aromatic heterocycles. The number of halogens is 6. The second-order valence-electron chi connectivity index (χ2n) is 8.58. The van der Waals surface area contributed by atoms with Gasteiger partial charge in [0.25, 0.3) is 0 Å². The van der Waals surface area contributed by atoms with E-state index >= 15 is 0 Å². The Balaban J connectivity index is 2.00. The molecule has 1 saturated carbocycles. The van der Waals surface area contributed by atoms with Gasteiger partial charge in [-0.25, -0.2) is 4.85 Å². The summed E-state index contributed by atoms with van der Waals surface area (Å²) < 4.78 is 78.5. The molecular weight excluding hydrogens is 516 g/mol. The van der Waals surface area contributed by atoms with Crippen LogP contribution < -0.4 is 0 Å². The molecule has 3 nitrogen and oxygen atoms in total. The number of benzene rings is 3. The lowest BCUT2D eigenvalue weighted by Crippen LogP contribution is -2.04. The second-order valence-corrected chi connectivity index (χ2v) is 8.58. The van der Waals surface area contributed by atoms with Gasteiger partial charge in [-0.1, -0.05) is 66.2 Å². The van der Waals surface area contributed by atoms with Crippen LogP contribution in [-0.2, 0) is 12.4 Å². The Hall–Kier alpha value is -5.07. The van der Waals surface area contributed by atoms with Gasteiger partial charge in [-0.3, -0.25) is 0 Å². The van der Waals surface area contributed by atoms with Gasteiger partial charge in [0.15, 0.2) is 0 Å². The smallest absolute Gasteiger partial charge is 0.237 e. The molecule has 1 aliphatic carbocycles. The largest absolute Gasteiger partial charge is 0.416 e. The van der Waals surface area contributed by atoms with Crippen LogP contribution in [-0.4, -0.2) is 0 Å². The van der Waals surface area contributed by atoms with E-state index in [-0.39, 0.29) is 44.7 Å². The molecular formula is C30H15F6N3. The minimum atomic E-state index is -4.59. The third kappa shape index (κ3) is 5.32. The highest BCUT2D eigenvalue weighted by Crippen LogP contribution is 2.56. The Morgan fingerprint density at radius 2 is 0.974 bits per heavy atom. The molecule has 1 aliphatic rings. The van der Waals surface area contributed by atoms with Crippen LogP contribution in [0.3, 0.4) is 0 Å². The highest BCUT2D eigenvalue weighted by molar-refractivity contribution is 6.11. The Morgan fingerprint density at radius 1 is 0.615 bits per heavy atom. The number of aryl methyl sites for hydroxylation is 1. The monoisotopic (exact) mass is 531 g/mol. The Labute approximate surface area is 219 Å². The Kier molecular flexibility index (Phi) is 6.92. The molecule has 0 aliphatic heterocycles. The van der Waals surface area contributed by atoms with Gasteiger partial charge in [0.2, 0.25) is 5.70 Å². The maximum absolute atomic E-state index is 13.1. The van der Waals surface area contributed by atoms with Gasteiger partial charge in [-0.05, 0) is 52.5 Å². The summed E-state index contributed by atoms with van der Waals surface area (Å²) in [7, 11) is 0. The third-order valence-corrected chi connectivity index (χ3v) is 6.09. The van der Waals surface area contributed by atoms with Crippen molar-refractivity contribution >= 4 is 16.8 Å². The number of alkyl halides is 6. The Bertz CT molecular complexity index is 1570. The molecule has 1 fully saturated rings. The zero-order valence-corrected chi connectivity index (χ0v) is 20.0. The molecule has 0 N–H and O–H groups in total. The predicted octanol–water partition coefficient (Wildman–Crippen LogP) is 8.63. The Morgan fingerprint density at radius 3 is 1.31 bits per heavy atom. The number of allylic oxidation sites excluding steroid dienone is 5. The number of nitriles is 2. The van der Waals surface area contributed by atoms with Crippen molar-refractivity contribution < 1.29 is 26.3 Å². The molecule has 3 aromatic carbocycles. The van der Waals surface area contributed by atoms with E-state index in [1.807, 2.05) is 13.0 Å². The molecule has 0 amide bonds. The van der Waals surface area contributed by atoms with E-state index in [1.54, 1.807) is 24.3 Å². The SMILES string of the molecule is [C-]#[N+]C(=C1C(=C(C#N)c2ccc(C)cc2)C1=C(C#N)c1ccc(C(F)(F)F)cc1)c1ccc(C(F)(F)F)cc1. The maximum Gasteiger partial charge on any atom is 0.416 e. The maximum atomic E-state index is 13.1. The highest BCUT2D eigenvalue weighted by Gasteiger charge is 2.41. The van der Waals surface area contributed by atoms with Crippen molar-refractivity contribution in [2.75, 3.05) is 0 Å². The van der Waals surface area contributed by atoms with Crippen LogP contribution in [0.5, 0.6) is 0 Å². The summed E-state index contributed by atoms with van der Waals surface area (Å²) in [6.07, 6.45) is -9.18. The minimum Gasteiger partial charge on any atom is -0.237 e. The molecule has 192 valence electrons. The topological polar surface area (TPSA) is 51.9 Å². The fraction of sp³-hybridized carbons (Fsp3) is 0.100. The van der Waals surface area contributed by atoms with Crippen molar-refractivity contribution in [1.82, 2.24) is 0 Å². The van der Waals surface area contributed by atoms with Gasteiger partial charge in [-0.15, -0.1) is 0 Å². The van der Waals surface area contributed by atoms with Crippen molar-refractivity contribution in [3.63, 3.8) is 0 Å². The molecule has 4 rings (SSSR count). The van der Waals surface area contributed by atoms with Gasteiger partial charge >= 0.3 is 12.4 Å². The summed E-state index contributed by atoms with van der Waals surface area (Å²) in [5, 5.41) is 20.0. The van der Waals surface area contributed by atoms with Crippen LogP contribution in [0.15, 0.2) is 89.5 Å². The van der Waals surface area contributed by atoms with Gasteiger partial charge in [0, 0.05) is 0 Å². The molecule has 9 heteroatoms. The van der Waals surface area contributed by atoms with E-state index in [0.29, 0.717) is 5.56 Å². The summed E-state index contributed by atoms with van der Waals surface area (Å²) in [5.41, 5.74) is 0.384. The highest BCUT2D eigenvalue weighted by atomic mass is 19.4. The number of rotatable bonds is 3. The van der Waals surface area contributed by atoms with E-state index in [2.05, 4.69) is 10.9 Å². The minimum absolute atomic E-state index is 0.0679. The van der Waals surface area contributed by atoms with Crippen LogP contribution in [0.2, 0.25) is 0 Å². The van der Waals surface area contributed by atoms with Crippen LogP contribution in [0.1, 0.15) is 33.4 Å². The zero-order valence-electron chi connectivity index (χ0n) is 20.0. The molecule has 39 heavy (non-hydrogen) atoms. The lowest BCUT2D eigenvalue weighted by atomic mass is 10.0. The average Bonchev–Trinajstić information content (AvgIpc) is 3.60. The first kappa shape index (κ1) is 27.0. The van der Waals surface area contributed by atoms with Crippen molar-refractivity contribution in [2.45, 2.75) is 19.3 Å². The normalized spacial score (nSPS) is 16.9.